The van der Waals surface area contributed by atoms with E-state index < -0.39 is 5.25 Å². The molecule has 0 spiro atoms. The molecular weight excluding hydrogens is 424 g/mol. The van der Waals surface area contributed by atoms with Gasteiger partial charge >= 0.3 is 5.97 Å². The fourth-order valence-electron chi connectivity index (χ4n) is 3.21. The number of benzene rings is 2. The van der Waals surface area contributed by atoms with Crippen LogP contribution in [-0.2, 0) is 9.53 Å². The second-order valence-corrected chi connectivity index (χ2v) is 8.66. The van der Waals surface area contributed by atoms with Crippen LogP contribution in [-0.4, -0.2) is 18.1 Å². The number of hydrogen-bond donors (Lipinski definition) is 0. The molecule has 4 rings (SSSR count). The highest BCUT2D eigenvalue weighted by Crippen LogP contribution is 2.41. The van der Waals surface area contributed by atoms with Gasteiger partial charge in [-0.2, -0.15) is 5.26 Å². The van der Waals surface area contributed by atoms with Crippen LogP contribution in [0.15, 0.2) is 89.3 Å². The van der Waals surface area contributed by atoms with E-state index in [4.69, 9.17) is 9.72 Å². The summed E-state index contributed by atoms with van der Waals surface area (Å²) in [4.78, 5) is 18.4. The molecule has 4 aromatic rings. The second-order valence-electron chi connectivity index (χ2n) is 6.62. The molecule has 6 heteroatoms. The molecule has 0 amide bonds. The summed E-state index contributed by atoms with van der Waals surface area (Å²) in [6, 6.07) is 27.4. The van der Waals surface area contributed by atoms with Crippen LogP contribution in [0.1, 0.15) is 16.4 Å². The van der Waals surface area contributed by atoms with Gasteiger partial charge in [-0.25, -0.2) is 4.98 Å². The predicted octanol–water partition coefficient (Wildman–Crippen LogP) is 6.36. The van der Waals surface area contributed by atoms with Gasteiger partial charge in [0.2, 0.25) is 0 Å². The highest BCUT2D eigenvalue weighted by Gasteiger charge is 2.26. The number of hydrogen-bond acceptors (Lipinski definition) is 6. The lowest BCUT2D eigenvalue weighted by atomic mass is 10.0. The molecule has 0 N–H and O–H groups in total. The monoisotopic (exact) mass is 442 g/mol. The zero-order valence-corrected chi connectivity index (χ0v) is 18.3. The van der Waals surface area contributed by atoms with Crippen molar-refractivity contribution >= 4 is 29.1 Å². The van der Waals surface area contributed by atoms with Gasteiger partial charge in [0.05, 0.1) is 23.2 Å². The molecule has 0 aliphatic heterocycles. The van der Waals surface area contributed by atoms with Gasteiger partial charge < -0.3 is 4.74 Å². The summed E-state index contributed by atoms with van der Waals surface area (Å²) in [5, 5.41) is 11.9. The van der Waals surface area contributed by atoms with E-state index in [2.05, 4.69) is 6.07 Å². The number of ether oxygens (including phenoxy) is 1. The number of esters is 1. The minimum Gasteiger partial charge on any atom is -0.468 e. The molecule has 152 valence electrons. The lowest BCUT2D eigenvalue weighted by molar-refractivity contribution is -0.140. The Labute approximate surface area is 189 Å². The number of rotatable bonds is 6. The molecule has 2 aromatic heterocycles. The molecule has 0 radical (unpaired) electrons. The lowest BCUT2D eigenvalue weighted by Crippen LogP contribution is -2.12. The largest absolute Gasteiger partial charge is 0.468 e. The van der Waals surface area contributed by atoms with E-state index in [1.165, 1.54) is 18.9 Å². The maximum Gasteiger partial charge on any atom is 0.323 e. The molecule has 0 aliphatic rings. The van der Waals surface area contributed by atoms with E-state index >= 15 is 0 Å². The van der Waals surface area contributed by atoms with Crippen molar-refractivity contribution in [2.24, 2.45) is 0 Å². The van der Waals surface area contributed by atoms with E-state index in [0.717, 1.165) is 27.3 Å². The summed E-state index contributed by atoms with van der Waals surface area (Å²) in [6.07, 6.45) is 0. The average Bonchev–Trinajstić information content (AvgIpc) is 3.37. The van der Waals surface area contributed by atoms with Crippen LogP contribution in [0.25, 0.3) is 21.7 Å². The molecule has 0 saturated carbocycles. The molecule has 0 aliphatic carbocycles. The Morgan fingerprint density at radius 2 is 1.77 bits per heavy atom. The Kier molecular flexibility index (Phi) is 6.46. The van der Waals surface area contributed by atoms with Crippen LogP contribution in [0, 0.1) is 11.3 Å². The highest BCUT2D eigenvalue weighted by molar-refractivity contribution is 8.00. The molecule has 0 fully saturated rings. The van der Waals surface area contributed by atoms with Crippen molar-refractivity contribution in [3.63, 3.8) is 0 Å². The third-order valence-corrected chi connectivity index (χ3v) is 6.81. The van der Waals surface area contributed by atoms with Crippen LogP contribution in [0.4, 0.5) is 0 Å². The maximum atomic E-state index is 12.6. The SMILES string of the molecule is COC(=O)[C@@H](Sc1nc(-c2cccs2)cc(-c2ccccc2)c1C#N)c1ccccc1. The van der Waals surface area contributed by atoms with Crippen molar-refractivity contribution in [2.45, 2.75) is 10.3 Å². The first-order valence-electron chi connectivity index (χ1n) is 9.55. The van der Waals surface area contributed by atoms with Crippen molar-refractivity contribution in [1.29, 1.82) is 5.26 Å². The van der Waals surface area contributed by atoms with Gasteiger partial charge in [0, 0.05) is 5.56 Å². The first-order chi connectivity index (χ1) is 15.2. The van der Waals surface area contributed by atoms with Gasteiger partial charge in [-0.1, -0.05) is 78.5 Å². The molecule has 0 unspecified atom stereocenters. The van der Waals surface area contributed by atoms with Crippen molar-refractivity contribution in [1.82, 2.24) is 4.98 Å². The first-order valence-corrected chi connectivity index (χ1v) is 11.3. The van der Waals surface area contributed by atoms with Crippen molar-refractivity contribution in [3.8, 4) is 27.8 Å². The molecule has 0 bridgehead atoms. The molecule has 0 saturated heterocycles. The van der Waals surface area contributed by atoms with Gasteiger partial charge in [-0.3, -0.25) is 4.79 Å². The van der Waals surface area contributed by atoms with Crippen LogP contribution >= 0.6 is 23.1 Å². The van der Waals surface area contributed by atoms with Crippen LogP contribution in [0.2, 0.25) is 0 Å². The Balaban J connectivity index is 1.89. The predicted molar refractivity (Wildman–Crippen MR) is 125 cm³/mol. The van der Waals surface area contributed by atoms with Crippen LogP contribution in [0.3, 0.4) is 0 Å². The number of carbonyl (C=O) groups excluding carboxylic acids is 1. The molecule has 2 heterocycles. The molecule has 31 heavy (non-hydrogen) atoms. The number of nitriles is 1. The fraction of sp³-hybridized carbons (Fsp3) is 0.0800. The van der Waals surface area contributed by atoms with Gasteiger partial charge in [0.15, 0.2) is 0 Å². The first kappa shape index (κ1) is 20.9. The molecular formula is C25H18N2O2S2. The topological polar surface area (TPSA) is 63.0 Å². The third kappa shape index (κ3) is 4.53. The van der Waals surface area contributed by atoms with E-state index in [9.17, 15) is 10.1 Å². The Morgan fingerprint density at radius 1 is 1.06 bits per heavy atom. The summed E-state index contributed by atoms with van der Waals surface area (Å²) < 4.78 is 5.06. The van der Waals surface area contributed by atoms with E-state index in [1.54, 1.807) is 11.3 Å². The standard InChI is InChI=1S/C25H18N2O2S2/c1-29-25(28)23(18-11-6-3-7-12-18)31-24-20(16-26)19(17-9-4-2-5-10-17)15-21(27-24)22-13-8-14-30-22/h2-15,23H,1H3/t23-/m0/s1. The fourth-order valence-corrected chi connectivity index (χ4v) is 5.03. The summed E-state index contributed by atoms with van der Waals surface area (Å²) in [5.41, 5.74) is 3.73. The maximum absolute atomic E-state index is 12.6. The highest BCUT2D eigenvalue weighted by atomic mass is 32.2. The van der Waals surface area contributed by atoms with Gasteiger partial charge in [-0.05, 0) is 28.6 Å². The van der Waals surface area contributed by atoms with E-state index in [-0.39, 0.29) is 5.97 Å². The zero-order chi connectivity index (χ0) is 21.6. The number of thioether (sulfide) groups is 1. The normalized spacial score (nSPS) is 11.5. The number of nitrogens with zero attached hydrogens (tertiary/aromatic N) is 2. The molecule has 2 aromatic carbocycles. The number of pyridine rings is 1. The summed E-state index contributed by atoms with van der Waals surface area (Å²) in [6.45, 7) is 0. The quantitative estimate of drug-likeness (QED) is 0.257. The summed E-state index contributed by atoms with van der Waals surface area (Å²) in [7, 11) is 1.37. The van der Waals surface area contributed by atoms with Crippen molar-refractivity contribution in [2.75, 3.05) is 7.11 Å². The Hall–Kier alpha value is -3.40. The Morgan fingerprint density at radius 3 is 2.39 bits per heavy atom. The number of carbonyl (C=O) groups is 1. The van der Waals surface area contributed by atoms with Gasteiger partial charge in [0.1, 0.15) is 16.3 Å². The third-order valence-electron chi connectivity index (χ3n) is 4.70. The Bertz CT molecular complexity index is 1220. The molecule has 1 atom stereocenters. The minimum atomic E-state index is -0.631. The number of methoxy groups -OCH3 is 1. The van der Waals surface area contributed by atoms with Crippen LogP contribution < -0.4 is 0 Å². The average molecular weight is 443 g/mol. The lowest BCUT2D eigenvalue weighted by Gasteiger charge is -2.17. The van der Waals surface area contributed by atoms with Crippen molar-refractivity contribution < 1.29 is 9.53 Å². The van der Waals surface area contributed by atoms with Crippen molar-refractivity contribution in [3.05, 3.63) is 95.4 Å². The molecule has 4 nitrogen and oxygen atoms in total. The van der Waals surface area contributed by atoms with Gasteiger partial charge in [0.25, 0.3) is 0 Å². The van der Waals surface area contributed by atoms with E-state index in [0.29, 0.717) is 10.6 Å². The van der Waals surface area contributed by atoms with E-state index in [1.807, 2.05) is 84.2 Å². The number of aromatic nitrogens is 1. The summed E-state index contributed by atoms with van der Waals surface area (Å²) in [5.74, 6) is -0.385. The van der Waals surface area contributed by atoms with Gasteiger partial charge in [-0.15, -0.1) is 11.3 Å². The van der Waals surface area contributed by atoms with Crippen LogP contribution in [0.5, 0.6) is 0 Å². The minimum absolute atomic E-state index is 0.385. The zero-order valence-electron chi connectivity index (χ0n) is 16.7. The second kappa shape index (κ2) is 9.61. The number of thiophene rings is 1. The summed E-state index contributed by atoms with van der Waals surface area (Å²) >= 11 is 2.82. The smallest absolute Gasteiger partial charge is 0.323 e.